The van der Waals surface area contributed by atoms with Gasteiger partial charge in [0.15, 0.2) is 6.61 Å². The average Bonchev–Trinajstić information content (AvgIpc) is 3.00. The third kappa shape index (κ3) is 3.89. The Labute approximate surface area is 148 Å². The van der Waals surface area contributed by atoms with Gasteiger partial charge in [-0.15, -0.1) is 11.3 Å². The number of hydrogen-bond acceptors (Lipinski definition) is 6. The van der Waals surface area contributed by atoms with Crippen molar-refractivity contribution in [2.24, 2.45) is 23.5 Å². The molecule has 0 aromatic carbocycles. The average molecular weight is 364 g/mol. The van der Waals surface area contributed by atoms with Crippen LogP contribution in [0.25, 0.3) is 0 Å². The van der Waals surface area contributed by atoms with Crippen LogP contribution in [0, 0.1) is 17.8 Å². The highest BCUT2D eigenvalue weighted by Gasteiger charge is 2.41. The number of hydrogen-bond donors (Lipinski definition) is 2. The maximum absolute atomic E-state index is 12.2. The third-order valence-electron chi connectivity index (χ3n) is 4.91. The van der Waals surface area contributed by atoms with Crippen molar-refractivity contribution < 1.29 is 23.9 Å². The molecular formula is C17H20N2O5S. The SMILES string of the molecule is NC(=O)c1ccsc1NC(=O)COC(=O)C1C[C@@H]2CCC[C@@H](C1)C2=O. The Bertz CT molecular complexity index is 698. The number of amides is 2. The van der Waals surface area contributed by atoms with Gasteiger partial charge in [-0.3, -0.25) is 19.2 Å². The van der Waals surface area contributed by atoms with Crippen LogP contribution in [0.4, 0.5) is 5.00 Å². The number of rotatable bonds is 5. The van der Waals surface area contributed by atoms with E-state index in [1.807, 2.05) is 0 Å². The smallest absolute Gasteiger partial charge is 0.309 e. The maximum atomic E-state index is 12.2. The molecule has 2 amide bonds. The van der Waals surface area contributed by atoms with Crippen molar-refractivity contribution in [1.29, 1.82) is 0 Å². The fraction of sp³-hybridized carbons (Fsp3) is 0.529. The molecule has 2 aliphatic rings. The van der Waals surface area contributed by atoms with Gasteiger partial charge in [-0.05, 0) is 37.1 Å². The van der Waals surface area contributed by atoms with Crippen molar-refractivity contribution in [3.63, 3.8) is 0 Å². The zero-order chi connectivity index (χ0) is 18.0. The first-order valence-electron chi connectivity index (χ1n) is 8.33. The molecule has 2 aliphatic carbocycles. The molecule has 0 aliphatic heterocycles. The van der Waals surface area contributed by atoms with Crippen LogP contribution in [0.3, 0.4) is 0 Å². The predicted octanol–water partition coefficient (Wildman–Crippen LogP) is 1.72. The number of thiophene rings is 1. The number of fused-ring (bicyclic) bond motifs is 2. The van der Waals surface area contributed by atoms with Crippen LogP contribution in [-0.2, 0) is 19.1 Å². The van der Waals surface area contributed by atoms with E-state index in [0.717, 1.165) is 19.3 Å². The number of ketones is 1. The topological polar surface area (TPSA) is 116 Å². The van der Waals surface area contributed by atoms with Gasteiger partial charge in [-0.1, -0.05) is 6.42 Å². The molecule has 3 N–H and O–H groups in total. The van der Waals surface area contributed by atoms with Crippen LogP contribution < -0.4 is 11.1 Å². The quantitative estimate of drug-likeness (QED) is 0.772. The molecule has 3 rings (SSSR count). The highest BCUT2D eigenvalue weighted by molar-refractivity contribution is 7.14. The summed E-state index contributed by atoms with van der Waals surface area (Å²) in [6.07, 6.45) is 3.76. The number of nitrogens with two attached hydrogens (primary N) is 1. The van der Waals surface area contributed by atoms with Gasteiger partial charge in [0, 0.05) is 11.8 Å². The van der Waals surface area contributed by atoms with Crippen LogP contribution in [0.15, 0.2) is 11.4 Å². The molecule has 0 radical (unpaired) electrons. The Hall–Kier alpha value is -2.22. The van der Waals surface area contributed by atoms with Gasteiger partial charge >= 0.3 is 5.97 Å². The lowest BCUT2D eigenvalue weighted by Crippen LogP contribution is -2.40. The number of carbonyl (C=O) groups is 4. The molecule has 25 heavy (non-hydrogen) atoms. The molecule has 1 heterocycles. The largest absolute Gasteiger partial charge is 0.455 e. The minimum Gasteiger partial charge on any atom is -0.455 e. The van der Waals surface area contributed by atoms with E-state index in [-0.39, 0.29) is 29.1 Å². The van der Waals surface area contributed by atoms with Gasteiger partial charge in [0.2, 0.25) is 0 Å². The molecule has 0 spiro atoms. The van der Waals surface area contributed by atoms with Crippen molar-refractivity contribution in [2.45, 2.75) is 32.1 Å². The fourth-order valence-electron chi connectivity index (χ4n) is 3.69. The van der Waals surface area contributed by atoms with Gasteiger partial charge in [-0.2, -0.15) is 0 Å². The van der Waals surface area contributed by atoms with E-state index in [2.05, 4.69) is 5.32 Å². The summed E-state index contributed by atoms with van der Waals surface area (Å²) in [5, 5.41) is 4.50. The number of esters is 1. The first-order valence-corrected chi connectivity index (χ1v) is 9.21. The van der Waals surface area contributed by atoms with Gasteiger partial charge in [-0.25, -0.2) is 0 Å². The number of Topliss-reactive ketones (excluding diaryl/α,β-unsaturated/α-hetero) is 1. The van der Waals surface area contributed by atoms with Gasteiger partial charge < -0.3 is 15.8 Å². The van der Waals surface area contributed by atoms with Gasteiger partial charge in [0.05, 0.1) is 11.5 Å². The van der Waals surface area contributed by atoms with Crippen LogP contribution in [-0.4, -0.2) is 30.2 Å². The second-order valence-electron chi connectivity index (χ2n) is 6.58. The predicted molar refractivity (Wildman–Crippen MR) is 91.0 cm³/mol. The summed E-state index contributed by atoms with van der Waals surface area (Å²) in [6.45, 7) is -0.422. The Morgan fingerprint density at radius 1 is 1.24 bits per heavy atom. The third-order valence-corrected chi connectivity index (χ3v) is 5.74. The van der Waals surface area contributed by atoms with Crippen LogP contribution >= 0.6 is 11.3 Å². The van der Waals surface area contributed by atoms with E-state index in [1.165, 1.54) is 17.4 Å². The number of nitrogens with one attached hydrogen (secondary N) is 1. The Morgan fingerprint density at radius 3 is 2.56 bits per heavy atom. The van der Waals surface area contributed by atoms with E-state index in [0.29, 0.717) is 17.8 Å². The molecule has 8 heteroatoms. The molecule has 2 saturated carbocycles. The summed E-state index contributed by atoms with van der Waals surface area (Å²) < 4.78 is 5.12. The molecule has 1 aromatic rings. The maximum Gasteiger partial charge on any atom is 0.309 e. The van der Waals surface area contributed by atoms with Crippen molar-refractivity contribution in [1.82, 2.24) is 0 Å². The minimum atomic E-state index is -0.632. The summed E-state index contributed by atoms with van der Waals surface area (Å²) in [4.78, 5) is 47.4. The Morgan fingerprint density at radius 2 is 1.92 bits per heavy atom. The number of anilines is 1. The summed E-state index contributed by atoms with van der Waals surface area (Å²) in [7, 11) is 0. The summed E-state index contributed by atoms with van der Waals surface area (Å²) in [6, 6.07) is 1.52. The molecule has 1 aromatic heterocycles. The lowest BCUT2D eigenvalue weighted by Gasteiger charge is -2.36. The van der Waals surface area contributed by atoms with Crippen molar-refractivity contribution in [2.75, 3.05) is 11.9 Å². The van der Waals surface area contributed by atoms with Crippen molar-refractivity contribution in [3.05, 3.63) is 17.0 Å². The summed E-state index contributed by atoms with van der Waals surface area (Å²) in [5.74, 6) is -1.70. The first-order chi connectivity index (χ1) is 12.0. The Balaban J connectivity index is 1.50. The molecule has 7 nitrogen and oxygen atoms in total. The van der Waals surface area contributed by atoms with Gasteiger partial charge in [0.1, 0.15) is 10.8 Å². The molecule has 0 saturated heterocycles. The molecule has 134 valence electrons. The lowest BCUT2D eigenvalue weighted by molar-refractivity contribution is -0.155. The summed E-state index contributed by atoms with van der Waals surface area (Å²) in [5.41, 5.74) is 5.44. The normalized spacial score (nSPS) is 25.3. The van der Waals surface area contributed by atoms with Crippen LogP contribution in [0.1, 0.15) is 42.5 Å². The first kappa shape index (κ1) is 17.6. The number of primary amides is 1. The van der Waals surface area contributed by atoms with E-state index < -0.39 is 24.4 Å². The Kier molecular flexibility index (Phi) is 5.17. The fourth-order valence-corrected chi connectivity index (χ4v) is 4.50. The lowest BCUT2D eigenvalue weighted by atomic mass is 9.67. The molecule has 0 unspecified atom stereocenters. The number of carbonyl (C=O) groups excluding carboxylic acids is 4. The molecule has 2 bridgehead atoms. The second kappa shape index (κ2) is 7.35. The monoisotopic (exact) mass is 364 g/mol. The highest BCUT2D eigenvalue weighted by atomic mass is 32.1. The van der Waals surface area contributed by atoms with E-state index in [4.69, 9.17) is 10.5 Å². The summed E-state index contributed by atoms with van der Waals surface area (Å²) >= 11 is 1.17. The van der Waals surface area contributed by atoms with Crippen LogP contribution in [0.5, 0.6) is 0 Å². The molecule has 2 fully saturated rings. The minimum absolute atomic E-state index is 0.0388. The zero-order valence-electron chi connectivity index (χ0n) is 13.7. The standard InChI is InChI=1S/C17H20N2O5S/c18-15(22)12-4-5-25-16(12)19-13(20)8-24-17(23)11-6-9-2-1-3-10(7-11)14(9)21/h4-5,9-11H,1-3,6-8H2,(H2,18,22)(H,19,20)/t9-,10-/m0/s1. The van der Waals surface area contributed by atoms with Gasteiger partial charge in [0.25, 0.3) is 11.8 Å². The zero-order valence-corrected chi connectivity index (χ0v) is 14.5. The number of ether oxygens (including phenoxy) is 1. The second-order valence-corrected chi connectivity index (χ2v) is 7.50. The van der Waals surface area contributed by atoms with E-state index in [9.17, 15) is 19.2 Å². The molecule has 2 atom stereocenters. The highest BCUT2D eigenvalue weighted by Crippen LogP contribution is 2.40. The van der Waals surface area contributed by atoms with Crippen molar-refractivity contribution >= 4 is 39.9 Å². The van der Waals surface area contributed by atoms with E-state index in [1.54, 1.807) is 5.38 Å². The van der Waals surface area contributed by atoms with Crippen molar-refractivity contribution in [3.8, 4) is 0 Å². The van der Waals surface area contributed by atoms with Crippen LogP contribution in [0.2, 0.25) is 0 Å². The van der Waals surface area contributed by atoms with E-state index >= 15 is 0 Å². The molecular weight excluding hydrogens is 344 g/mol.